The Hall–Kier alpha value is -2.86. The fourth-order valence-corrected chi connectivity index (χ4v) is 3.07. The highest BCUT2D eigenvalue weighted by molar-refractivity contribution is 5.81. The monoisotopic (exact) mass is 294 g/mol. The highest BCUT2D eigenvalue weighted by atomic mass is 14.1. The molecular weight excluding hydrogens is 276 g/mol. The molecule has 23 heavy (non-hydrogen) atoms. The van der Waals surface area contributed by atoms with Crippen LogP contribution in [0.15, 0.2) is 97.1 Å². The maximum absolute atomic E-state index is 2.31. The van der Waals surface area contributed by atoms with E-state index in [0.29, 0.717) is 0 Å². The van der Waals surface area contributed by atoms with Crippen LogP contribution in [0.1, 0.15) is 12.0 Å². The first kappa shape index (κ1) is 13.8. The molecule has 0 spiro atoms. The third-order valence-electron chi connectivity index (χ3n) is 4.29. The molecule has 110 valence electrons. The van der Waals surface area contributed by atoms with Crippen molar-refractivity contribution in [1.29, 1.82) is 0 Å². The quantitative estimate of drug-likeness (QED) is 0.527. The highest BCUT2D eigenvalue weighted by Crippen LogP contribution is 2.33. The number of hydrogen-bond acceptors (Lipinski definition) is 0. The number of hydrogen-bond donors (Lipinski definition) is 0. The minimum atomic E-state index is 1.02. The van der Waals surface area contributed by atoms with Gasteiger partial charge in [-0.15, -0.1) is 0 Å². The first-order chi connectivity index (χ1) is 11.4. The fraction of sp³-hybridized carbons (Fsp3) is 0.0435. The van der Waals surface area contributed by atoms with Gasteiger partial charge >= 0.3 is 0 Å². The lowest BCUT2D eigenvalue weighted by Gasteiger charge is -2.11. The number of allylic oxidation sites excluding steroid dienone is 4. The molecule has 4 rings (SSSR count). The molecule has 0 N–H and O–H groups in total. The van der Waals surface area contributed by atoms with Crippen LogP contribution < -0.4 is 0 Å². The first-order valence-electron chi connectivity index (χ1n) is 8.02. The van der Waals surface area contributed by atoms with Gasteiger partial charge in [-0.3, -0.25) is 0 Å². The lowest BCUT2D eigenvalue weighted by atomic mass is 9.93. The van der Waals surface area contributed by atoms with Crippen LogP contribution in [0.5, 0.6) is 0 Å². The van der Waals surface area contributed by atoms with Gasteiger partial charge in [0.05, 0.1) is 0 Å². The van der Waals surface area contributed by atoms with Crippen LogP contribution in [-0.2, 0) is 0 Å². The van der Waals surface area contributed by atoms with Crippen molar-refractivity contribution in [2.75, 3.05) is 0 Å². The second-order valence-electron chi connectivity index (χ2n) is 5.86. The second-order valence-corrected chi connectivity index (χ2v) is 5.86. The third kappa shape index (κ3) is 2.89. The normalized spacial score (nSPS) is 13.1. The van der Waals surface area contributed by atoms with E-state index in [4.69, 9.17) is 0 Å². The lowest BCUT2D eigenvalue weighted by Crippen LogP contribution is -1.88. The molecule has 0 heterocycles. The van der Waals surface area contributed by atoms with Crippen molar-refractivity contribution in [2.45, 2.75) is 6.42 Å². The standard InChI is InChI=1S/C23H18/c1-3-9-18(10-4-1)21-15-22(19-11-5-2-6-12-19)17-23(16-21)20-13-7-8-14-20/h1-13,15-17H,14H2. The van der Waals surface area contributed by atoms with E-state index in [-0.39, 0.29) is 0 Å². The van der Waals surface area contributed by atoms with Crippen LogP contribution >= 0.6 is 0 Å². The smallest absolute Gasteiger partial charge is 0.00884 e. The average molecular weight is 294 g/mol. The van der Waals surface area contributed by atoms with Gasteiger partial charge in [0.15, 0.2) is 0 Å². The molecular formula is C23H18. The van der Waals surface area contributed by atoms with Gasteiger partial charge in [-0.05, 0) is 58.0 Å². The maximum Gasteiger partial charge on any atom is -0.00884 e. The molecule has 1 aliphatic rings. The van der Waals surface area contributed by atoms with Crippen LogP contribution in [-0.4, -0.2) is 0 Å². The Morgan fingerprint density at radius 3 is 1.52 bits per heavy atom. The Bertz CT molecular complexity index is 811. The van der Waals surface area contributed by atoms with Gasteiger partial charge in [0.1, 0.15) is 0 Å². The lowest BCUT2D eigenvalue weighted by molar-refractivity contribution is 1.43. The molecule has 1 aliphatic carbocycles. The average Bonchev–Trinajstić information content (AvgIpc) is 3.18. The predicted molar refractivity (Wildman–Crippen MR) is 99.0 cm³/mol. The Morgan fingerprint density at radius 1 is 0.522 bits per heavy atom. The van der Waals surface area contributed by atoms with Crippen LogP contribution in [0.4, 0.5) is 0 Å². The zero-order chi connectivity index (χ0) is 15.5. The molecule has 0 unspecified atom stereocenters. The van der Waals surface area contributed by atoms with Crippen LogP contribution in [0.25, 0.3) is 27.8 Å². The Morgan fingerprint density at radius 2 is 1.04 bits per heavy atom. The molecule has 0 bridgehead atoms. The Kier molecular flexibility index (Phi) is 3.65. The molecule has 0 heteroatoms. The maximum atomic E-state index is 2.31. The zero-order valence-electron chi connectivity index (χ0n) is 12.9. The molecule has 0 amide bonds. The van der Waals surface area contributed by atoms with Gasteiger partial charge in [0.25, 0.3) is 0 Å². The van der Waals surface area contributed by atoms with Crippen molar-refractivity contribution in [3.05, 3.63) is 103 Å². The molecule has 0 fully saturated rings. The summed E-state index contributed by atoms with van der Waals surface area (Å²) in [4.78, 5) is 0. The van der Waals surface area contributed by atoms with E-state index in [0.717, 1.165) is 6.42 Å². The molecule has 0 saturated carbocycles. The molecule has 0 nitrogen and oxygen atoms in total. The van der Waals surface area contributed by atoms with Gasteiger partial charge in [0.2, 0.25) is 0 Å². The largest absolute Gasteiger partial charge is 0.0801 e. The summed E-state index contributed by atoms with van der Waals surface area (Å²) in [6.07, 6.45) is 7.60. The van der Waals surface area contributed by atoms with E-state index in [1.54, 1.807) is 0 Å². The second kappa shape index (κ2) is 6.10. The fourth-order valence-electron chi connectivity index (χ4n) is 3.07. The third-order valence-corrected chi connectivity index (χ3v) is 4.29. The molecule has 3 aromatic rings. The van der Waals surface area contributed by atoms with E-state index >= 15 is 0 Å². The van der Waals surface area contributed by atoms with Crippen molar-refractivity contribution in [1.82, 2.24) is 0 Å². The van der Waals surface area contributed by atoms with Crippen LogP contribution in [0, 0.1) is 0 Å². The van der Waals surface area contributed by atoms with Crippen molar-refractivity contribution in [2.24, 2.45) is 0 Å². The summed E-state index contributed by atoms with van der Waals surface area (Å²) in [5, 5.41) is 0. The van der Waals surface area contributed by atoms with Crippen molar-refractivity contribution in [3.8, 4) is 22.3 Å². The van der Waals surface area contributed by atoms with E-state index in [9.17, 15) is 0 Å². The first-order valence-corrected chi connectivity index (χ1v) is 8.02. The van der Waals surface area contributed by atoms with E-state index in [2.05, 4.69) is 97.1 Å². The highest BCUT2D eigenvalue weighted by Gasteiger charge is 2.09. The van der Waals surface area contributed by atoms with Crippen LogP contribution in [0.2, 0.25) is 0 Å². The summed E-state index contributed by atoms with van der Waals surface area (Å²) in [6, 6.07) is 28.1. The summed E-state index contributed by atoms with van der Waals surface area (Å²) in [5.74, 6) is 0. The number of rotatable bonds is 3. The molecule has 0 aromatic heterocycles. The van der Waals surface area contributed by atoms with E-state index in [1.165, 1.54) is 33.4 Å². The van der Waals surface area contributed by atoms with Crippen LogP contribution in [0.3, 0.4) is 0 Å². The molecule has 3 aromatic carbocycles. The zero-order valence-corrected chi connectivity index (χ0v) is 12.9. The van der Waals surface area contributed by atoms with Gasteiger partial charge in [0, 0.05) is 0 Å². The minimum absolute atomic E-state index is 1.02. The summed E-state index contributed by atoms with van der Waals surface area (Å²) in [5.41, 5.74) is 7.77. The minimum Gasteiger partial charge on any atom is -0.0801 e. The SMILES string of the molecule is C1=CCC(c2cc(-c3ccccc3)cc(-c3ccccc3)c2)=C1. The Balaban J connectivity index is 1.88. The molecule has 0 saturated heterocycles. The van der Waals surface area contributed by atoms with Crippen molar-refractivity contribution < 1.29 is 0 Å². The van der Waals surface area contributed by atoms with Gasteiger partial charge in [-0.1, -0.05) is 78.9 Å². The summed E-state index contributed by atoms with van der Waals surface area (Å²) < 4.78 is 0. The van der Waals surface area contributed by atoms with Gasteiger partial charge < -0.3 is 0 Å². The summed E-state index contributed by atoms with van der Waals surface area (Å²) >= 11 is 0. The summed E-state index contributed by atoms with van der Waals surface area (Å²) in [6.45, 7) is 0. The molecule has 0 atom stereocenters. The van der Waals surface area contributed by atoms with Gasteiger partial charge in [-0.25, -0.2) is 0 Å². The molecule has 0 aliphatic heterocycles. The van der Waals surface area contributed by atoms with E-state index < -0.39 is 0 Å². The number of benzene rings is 3. The Labute approximate surface area is 137 Å². The topological polar surface area (TPSA) is 0 Å². The summed E-state index contributed by atoms with van der Waals surface area (Å²) in [7, 11) is 0. The molecule has 0 radical (unpaired) electrons. The van der Waals surface area contributed by atoms with Crippen molar-refractivity contribution >= 4 is 5.57 Å². The van der Waals surface area contributed by atoms with E-state index in [1.807, 2.05) is 0 Å². The van der Waals surface area contributed by atoms with Crippen molar-refractivity contribution in [3.63, 3.8) is 0 Å². The van der Waals surface area contributed by atoms with Gasteiger partial charge in [-0.2, -0.15) is 0 Å². The predicted octanol–water partition coefficient (Wildman–Crippen LogP) is 6.36.